The van der Waals surface area contributed by atoms with Gasteiger partial charge in [-0.1, -0.05) is 23.7 Å². The molecule has 3 amide bonds. The molecule has 1 atom stereocenters. The number of nitrogens with zero attached hydrogens (tertiary/aromatic N) is 6. The third-order valence-electron chi connectivity index (χ3n) is 11.7. The van der Waals surface area contributed by atoms with Gasteiger partial charge in [-0.05, 0) is 93.6 Å². The third kappa shape index (κ3) is 7.08. The molecule has 0 bridgehead atoms. The number of hydrogen-bond acceptors (Lipinski definition) is 9. The van der Waals surface area contributed by atoms with E-state index in [9.17, 15) is 19.2 Å². The minimum absolute atomic E-state index is 0.223. The normalized spacial score (nSPS) is 21.2. The number of para-hydroxylation sites is 1. The van der Waals surface area contributed by atoms with Gasteiger partial charge in [-0.2, -0.15) is 5.10 Å². The molecule has 5 heterocycles. The number of aryl methyl sites for hydroxylation is 1. The number of carbonyl (C=O) groups excluding carboxylic acids is 3. The van der Waals surface area contributed by atoms with Gasteiger partial charge in [-0.15, -0.1) is 0 Å². The first kappa shape index (κ1) is 36.8. The first-order chi connectivity index (χ1) is 26.6. The molecule has 3 aliphatic rings. The van der Waals surface area contributed by atoms with Crippen LogP contribution in [-0.2, 0) is 16.6 Å². The number of nitrogens with one attached hydrogen (secondary N) is 2. The van der Waals surface area contributed by atoms with E-state index in [0.29, 0.717) is 41.3 Å². The van der Waals surface area contributed by atoms with Crippen LogP contribution in [-0.4, -0.2) is 80.4 Å². The number of amides is 3. The van der Waals surface area contributed by atoms with E-state index in [-0.39, 0.29) is 34.8 Å². The Balaban J connectivity index is 0.876. The summed E-state index contributed by atoms with van der Waals surface area (Å²) in [6, 6.07) is 10.9. The predicted molar refractivity (Wildman–Crippen MR) is 208 cm³/mol. The SMILES string of the molecule is COc1cc2nn(C3CCC(CN4CCC(c5cccc6c5n(C)c(=O)n6C5CCC(=O)NC5=O)CC4)CC3)cc2cc1NC(=O)c1cnc(OC)c(Cl)c1. The van der Waals surface area contributed by atoms with Crippen LogP contribution >= 0.6 is 11.6 Å². The smallest absolute Gasteiger partial charge is 0.329 e. The van der Waals surface area contributed by atoms with Crippen molar-refractivity contribution in [3.63, 3.8) is 0 Å². The molecular weight excluding hydrogens is 724 g/mol. The van der Waals surface area contributed by atoms with E-state index in [1.807, 2.05) is 24.3 Å². The van der Waals surface area contributed by atoms with Crippen LogP contribution in [0.4, 0.5) is 5.69 Å². The highest BCUT2D eigenvalue weighted by molar-refractivity contribution is 6.32. The maximum Gasteiger partial charge on any atom is 0.329 e. The molecule has 2 N–H and O–H groups in total. The van der Waals surface area contributed by atoms with Crippen molar-refractivity contribution in [3.8, 4) is 11.6 Å². The zero-order chi connectivity index (χ0) is 38.4. The van der Waals surface area contributed by atoms with Gasteiger partial charge in [0.2, 0.25) is 17.7 Å². The molecule has 288 valence electrons. The number of anilines is 1. The molecule has 2 saturated heterocycles. The summed E-state index contributed by atoms with van der Waals surface area (Å²) in [6.07, 6.45) is 10.4. The van der Waals surface area contributed by atoms with E-state index in [4.69, 9.17) is 26.2 Å². The number of benzene rings is 2. The standard InChI is InChI=1S/C40H45ClN8O6/c1-46-36-28(5-4-6-32(36)49(40(46)53)33-11-12-35(50)44-38(33)52)24-13-15-47(16-14-24)21-23-7-9-27(10-8-23)48-22-26-18-31(34(54-2)19-30(26)45-48)43-37(51)25-17-29(41)39(55-3)42-20-25/h4-6,17-20,22-24,27,33H,7-16,21H2,1-3H3,(H,43,51)(H,44,50,52). The summed E-state index contributed by atoms with van der Waals surface area (Å²) in [6.45, 7) is 3.07. The molecule has 15 heteroatoms. The fourth-order valence-electron chi connectivity index (χ4n) is 8.83. The molecule has 0 spiro atoms. The van der Waals surface area contributed by atoms with Crippen LogP contribution in [0.5, 0.6) is 11.6 Å². The summed E-state index contributed by atoms with van der Waals surface area (Å²) in [4.78, 5) is 57.7. The highest BCUT2D eigenvalue weighted by atomic mass is 35.5. The monoisotopic (exact) mass is 768 g/mol. The number of ether oxygens (including phenoxy) is 2. The quantitative estimate of drug-likeness (QED) is 0.183. The Hall–Kier alpha value is -5.21. The van der Waals surface area contributed by atoms with Crippen molar-refractivity contribution in [1.82, 2.24) is 34.1 Å². The molecule has 2 aliphatic heterocycles. The zero-order valence-electron chi connectivity index (χ0n) is 31.2. The van der Waals surface area contributed by atoms with E-state index in [1.165, 1.54) is 19.4 Å². The second kappa shape index (κ2) is 15.1. The molecule has 3 aromatic heterocycles. The molecule has 1 saturated carbocycles. The van der Waals surface area contributed by atoms with Gasteiger partial charge >= 0.3 is 5.69 Å². The number of rotatable bonds is 9. The van der Waals surface area contributed by atoms with Crippen LogP contribution in [0.1, 0.15) is 85.3 Å². The summed E-state index contributed by atoms with van der Waals surface area (Å²) in [7, 11) is 4.81. The number of hydrogen-bond donors (Lipinski definition) is 2. The van der Waals surface area contributed by atoms with Crippen LogP contribution in [0.2, 0.25) is 5.02 Å². The van der Waals surface area contributed by atoms with Crippen molar-refractivity contribution in [2.75, 3.05) is 39.2 Å². The Morgan fingerprint density at radius 1 is 1.00 bits per heavy atom. The summed E-state index contributed by atoms with van der Waals surface area (Å²) in [5.74, 6) is 0.629. The number of pyridine rings is 1. The number of fused-ring (bicyclic) bond motifs is 2. The summed E-state index contributed by atoms with van der Waals surface area (Å²) >= 11 is 6.19. The molecule has 1 aliphatic carbocycles. The maximum absolute atomic E-state index is 13.4. The van der Waals surface area contributed by atoms with Crippen LogP contribution in [0.3, 0.4) is 0 Å². The zero-order valence-corrected chi connectivity index (χ0v) is 32.0. The molecule has 3 fully saturated rings. The number of likely N-dealkylation sites (tertiary alicyclic amines) is 1. The highest BCUT2D eigenvalue weighted by Gasteiger charge is 2.33. The van der Waals surface area contributed by atoms with Crippen LogP contribution < -0.4 is 25.8 Å². The van der Waals surface area contributed by atoms with Gasteiger partial charge in [0.05, 0.1) is 48.1 Å². The van der Waals surface area contributed by atoms with Gasteiger partial charge < -0.3 is 19.7 Å². The lowest BCUT2D eigenvalue weighted by atomic mass is 9.84. The largest absolute Gasteiger partial charge is 0.494 e. The topological polar surface area (TPSA) is 155 Å². The van der Waals surface area contributed by atoms with Gasteiger partial charge in [0.25, 0.3) is 5.91 Å². The predicted octanol–water partition coefficient (Wildman–Crippen LogP) is 5.60. The van der Waals surface area contributed by atoms with Crippen molar-refractivity contribution in [2.24, 2.45) is 13.0 Å². The van der Waals surface area contributed by atoms with Crippen LogP contribution in [0.15, 0.2) is 53.6 Å². The van der Waals surface area contributed by atoms with E-state index in [1.54, 1.807) is 23.3 Å². The van der Waals surface area contributed by atoms with Gasteiger partial charge in [0.15, 0.2) is 0 Å². The number of imidazole rings is 1. The Bertz CT molecular complexity index is 2350. The Morgan fingerprint density at radius 3 is 2.49 bits per heavy atom. The number of imide groups is 1. The Labute approximate surface area is 322 Å². The molecule has 1 unspecified atom stereocenters. The minimum atomic E-state index is -0.686. The van der Waals surface area contributed by atoms with Crippen LogP contribution in [0, 0.1) is 5.92 Å². The summed E-state index contributed by atoms with van der Waals surface area (Å²) in [5.41, 5.74) is 4.20. The minimum Gasteiger partial charge on any atom is -0.494 e. The second-order valence-electron chi connectivity index (χ2n) is 15.0. The first-order valence-electron chi connectivity index (χ1n) is 19.0. The lowest BCUT2D eigenvalue weighted by molar-refractivity contribution is -0.135. The number of carbonyl (C=O) groups is 3. The average molecular weight is 769 g/mol. The van der Waals surface area contributed by atoms with E-state index in [0.717, 1.165) is 85.7 Å². The lowest BCUT2D eigenvalue weighted by Crippen LogP contribution is -2.44. The van der Waals surface area contributed by atoms with Crippen molar-refractivity contribution >= 4 is 56.9 Å². The van der Waals surface area contributed by atoms with E-state index >= 15 is 0 Å². The molecule has 14 nitrogen and oxygen atoms in total. The van der Waals surface area contributed by atoms with Crippen molar-refractivity contribution in [1.29, 1.82) is 0 Å². The maximum atomic E-state index is 13.4. The van der Waals surface area contributed by atoms with Crippen LogP contribution in [0.25, 0.3) is 21.9 Å². The number of piperidine rings is 2. The van der Waals surface area contributed by atoms with E-state index < -0.39 is 11.9 Å². The number of halogens is 1. The molecule has 55 heavy (non-hydrogen) atoms. The highest BCUT2D eigenvalue weighted by Crippen LogP contribution is 2.38. The Kier molecular flexibility index (Phi) is 10.1. The molecule has 0 radical (unpaired) electrons. The van der Waals surface area contributed by atoms with Crippen molar-refractivity contribution < 1.29 is 23.9 Å². The Morgan fingerprint density at radius 2 is 1.78 bits per heavy atom. The fraction of sp³-hybridized carbons (Fsp3) is 0.450. The first-order valence-corrected chi connectivity index (χ1v) is 19.3. The summed E-state index contributed by atoms with van der Waals surface area (Å²) in [5, 5.41) is 11.4. The molecule has 8 rings (SSSR count). The van der Waals surface area contributed by atoms with Gasteiger partial charge in [0, 0.05) is 43.9 Å². The summed E-state index contributed by atoms with van der Waals surface area (Å²) < 4.78 is 16.0. The third-order valence-corrected chi connectivity index (χ3v) is 12.0. The number of methoxy groups -OCH3 is 2. The second-order valence-corrected chi connectivity index (χ2v) is 15.4. The molecule has 2 aromatic carbocycles. The van der Waals surface area contributed by atoms with Gasteiger partial charge in [-0.25, -0.2) is 9.78 Å². The molecular formula is C40H45ClN8O6. The van der Waals surface area contributed by atoms with Gasteiger partial charge in [0.1, 0.15) is 16.8 Å². The van der Waals surface area contributed by atoms with E-state index in [2.05, 4.69) is 37.5 Å². The fourth-order valence-corrected chi connectivity index (χ4v) is 9.07. The van der Waals surface area contributed by atoms with Gasteiger partial charge in [-0.3, -0.25) is 33.5 Å². The lowest BCUT2D eigenvalue weighted by Gasteiger charge is -2.37. The van der Waals surface area contributed by atoms with Crippen molar-refractivity contribution in [2.45, 2.75) is 69.4 Å². The molecule has 5 aromatic rings. The average Bonchev–Trinajstić information content (AvgIpc) is 3.72. The number of aromatic nitrogens is 5. The van der Waals surface area contributed by atoms with Crippen molar-refractivity contribution in [3.05, 3.63) is 75.4 Å².